The van der Waals surface area contributed by atoms with Gasteiger partial charge in [0, 0.05) is 45.1 Å². The highest BCUT2D eigenvalue weighted by atomic mass is 16.6. The van der Waals surface area contributed by atoms with Crippen LogP contribution in [0.3, 0.4) is 0 Å². The molecule has 8 nitrogen and oxygen atoms in total. The van der Waals surface area contributed by atoms with Gasteiger partial charge in [-0.15, -0.1) is 0 Å². The topological polar surface area (TPSA) is 81.4 Å². The van der Waals surface area contributed by atoms with E-state index in [-0.39, 0.29) is 29.3 Å². The summed E-state index contributed by atoms with van der Waals surface area (Å²) in [7, 11) is 0. The first-order chi connectivity index (χ1) is 16.6. The largest absolute Gasteiger partial charge is 0.486 e. The summed E-state index contributed by atoms with van der Waals surface area (Å²) in [6, 6.07) is 9.92. The first kappa shape index (κ1) is 22.9. The molecule has 0 saturated carbocycles. The first-order valence-corrected chi connectivity index (χ1v) is 12.2. The molecule has 2 fully saturated rings. The Bertz CT molecular complexity index is 1010. The van der Waals surface area contributed by atoms with Crippen LogP contribution < -0.4 is 10.2 Å². The second kappa shape index (κ2) is 10.6. The third-order valence-electron chi connectivity index (χ3n) is 6.92. The van der Waals surface area contributed by atoms with Gasteiger partial charge in [0.25, 0.3) is 0 Å². The molecule has 0 bridgehead atoms. The number of rotatable bonds is 6. The molecular formula is C26H32N2O6. The zero-order valence-electron chi connectivity index (χ0n) is 19.4. The van der Waals surface area contributed by atoms with Crippen LogP contribution >= 0.6 is 0 Å². The van der Waals surface area contributed by atoms with E-state index in [1.807, 2.05) is 0 Å². The Kier molecular flexibility index (Phi) is 7.16. The summed E-state index contributed by atoms with van der Waals surface area (Å²) in [5.41, 5.74) is 2.50. The maximum Gasteiger partial charge on any atom is 0.410 e. The average molecular weight is 469 g/mol. The van der Waals surface area contributed by atoms with Crippen molar-refractivity contribution in [1.29, 1.82) is 0 Å². The standard InChI is InChI=1S/C26H32N2O6/c29-24-13-23(16-27-14-20-3-1-2-4-21(20)15-27)32-18-25(24)33-17-19-5-9-28(10-6-19)26(30)34-22-7-11-31-12-8-22/h1-4,13,18-19,22H,5-12,14-17H2. The van der Waals surface area contributed by atoms with Gasteiger partial charge in [-0.2, -0.15) is 0 Å². The Balaban J connectivity index is 1.05. The van der Waals surface area contributed by atoms with Crippen molar-refractivity contribution in [2.75, 3.05) is 32.9 Å². The van der Waals surface area contributed by atoms with Gasteiger partial charge in [-0.25, -0.2) is 4.79 Å². The summed E-state index contributed by atoms with van der Waals surface area (Å²) in [6.07, 6.45) is 4.34. The number of piperidine rings is 1. The Morgan fingerprint density at radius 1 is 1.03 bits per heavy atom. The van der Waals surface area contributed by atoms with E-state index in [1.165, 1.54) is 23.5 Å². The minimum absolute atomic E-state index is 0.0368. The van der Waals surface area contributed by atoms with Crippen LogP contribution in [-0.2, 0) is 29.1 Å². The normalized spacial score (nSPS) is 19.7. The highest BCUT2D eigenvalue weighted by Gasteiger charge is 2.27. The van der Waals surface area contributed by atoms with Crippen LogP contribution in [0.4, 0.5) is 4.79 Å². The summed E-state index contributed by atoms with van der Waals surface area (Å²) in [6.45, 7) is 5.33. The number of nitrogens with zero attached hydrogens (tertiary/aromatic N) is 2. The Hall–Kier alpha value is -2.84. The highest BCUT2D eigenvalue weighted by molar-refractivity contribution is 5.67. The summed E-state index contributed by atoms with van der Waals surface area (Å²) >= 11 is 0. The summed E-state index contributed by atoms with van der Waals surface area (Å²) in [4.78, 5) is 29.0. The van der Waals surface area contributed by atoms with Crippen LogP contribution in [0, 0.1) is 5.92 Å². The number of carbonyl (C=O) groups is 1. The van der Waals surface area contributed by atoms with Gasteiger partial charge in [0.15, 0.2) is 0 Å². The second-order valence-electron chi connectivity index (χ2n) is 9.43. The number of fused-ring (bicyclic) bond motifs is 1. The molecular weight excluding hydrogens is 436 g/mol. The molecule has 0 aliphatic carbocycles. The van der Waals surface area contributed by atoms with E-state index >= 15 is 0 Å². The van der Waals surface area contributed by atoms with E-state index < -0.39 is 0 Å². The van der Waals surface area contributed by atoms with Crippen LogP contribution in [-0.4, -0.2) is 54.9 Å². The number of carbonyl (C=O) groups excluding carboxylic acids is 1. The lowest BCUT2D eigenvalue weighted by atomic mass is 9.98. The SMILES string of the molecule is O=C(OC1CCOCC1)N1CCC(COc2coc(CN3Cc4ccccc4C3)cc2=O)CC1. The van der Waals surface area contributed by atoms with Crippen molar-refractivity contribution in [3.8, 4) is 5.75 Å². The molecule has 1 aromatic heterocycles. The van der Waals surface area contributed by atoms with Crippen molar-refractivity contribution in [3.05, 3.63) is 63.7 Å². The number of hydrogen-bond donors (Lipinski definition) is 0. The fourth-order valence-corrected chi connectivity index (χ4v) is 4.86. The average Bonchev–Trinajstić information content (AvgIpc) is 3.27. The van der Waals surface area contributed by atoms with Gasteiger partial charge in [0.1, 0.15) is 18.1 Å². The zero-order chi connectivity index (χ0) is 23.3. The minimum atomic E-state index is -0.233. The van der Waals surface area contributed by atoms with Crippen molar-refractivity contribution in [2.24, 2.45) is 5.92 Å². The van der Waals surface area contributed by atoms with Gasteiger partial charge < -0.3 is 23.5 Å². The molecule has 0 N–H and O–H groups in total. The van der Waals surface area contributed by atoms with Crippen molar-refractivity contribution in [3.63, 3.8) is 0 Å². The molecule has 2 aromatic rings. The number of ether oxygens (including phenoxy) is 3. The fraction of sp³-hybridized carbons (Fsp3) is 0.538. The first-order valence-electron chi connectivity index (χ1n) is 12.2. The fourth-order valence-electron chi connectivity index (χ4n) is 4.86. The minimum Gasteiger partial charge on any atom is -0.486 e. The molecule has 3 aliphatic rings. The van der Waals surface area contributed by atoms with E-state index in [0.717, 1.165) is 38.8 Å². The molecule has 5 rings (SSSR count). The molecule has 3 aliphatic heterocycles. The Labute approximate surface area is 199 Å². The highest BCUT2D eigenvalue weighted by Crippen LogP contribution is 2.24. The predicted molar refractivity (Wildman–Crippen MR) is 124 cm³/mol. The maximum atomic E-state index is 12.6. The number of amides is 1. The lowest BCUT2D eigenvalue weighted by molar-refractivity contribution is -0.0136. The summed E-state index contributed by atoms with van der Waals surface area (Å²) in [5.74, 6) is 1.17. The molecule has 2 saturated heterocycles. The van der Waals surface area contributed by atoms with Crippen molar-refractivity contribution in [1.82, 2.24) is 9.80 Å². The van der Waals surface area contributed by atoms with Crippen molar-refractivity contribution >= 4 is 6.09 Å². The molecule has 1 amide bonds. The quantitative estimate of drug-likeness (QED) is 0.641. The van der Waals surface area contributed by atoms with Gasteiger partial charge in [0.05, 0.1) is 26.4 Å². The van der Waals surface area contributed by atoms with E-state index in [4.69, 9.17) is 18.6 Å². The second-order valence-corrected chi connectivity index (χ2v) is 9.43. The zero-order valence-corrected chi connectivity index (χ0v) is 19.4. The van der Waals surface area contributed by atoms with E-state index in [2.05, 4.69) is 29.2 Å². The van der Waals surface area contributed by atoms with Crippen LogP contribution in [0.1, 0.15) is 42.6 Å². The molecule has 34 heavy (non-hydrogen) atoms. The van der Waals surface area contributed by atoms with Crippen LogP contribution in [0.15, 0.2) is 45.8 Å². The van der Waals surface area contributed by atoms with Crippen LogP contribution in [0.2, 0.25) is 0 Å². The van der Waals surface area contributed by atoms with E-state index in [9.17, 15) is 9.59 Å². The van der Waals surface area contributed by atoms with Gasteiger partial charge in [0.2, 0.25) is 11.2 Å². The van der Waals surface area contributed by atoms with Gasteiger partial charge in [-0.3, -0.25) is 9.69 Å². The molecule has 0 unspecified atom stereocenters. The lowest BCUT2D eigenvalue weighted by Crippen LogP contribution is -2.42. The molecule has 8 heteroatoms. The van der Waals surface area contributed by atoms with Crippen LogP contribution in [0.25, 0.3) is 0 Å². The Morgan fingerprint density at radius 3 is 2.41 bits per heavy atom. The summed E-state index contributed by atoms with van der Waals surface area (Å²) < 4.78 is 22.4. The van der Waals surface area contributed by atoms with Crippen LogP contribution in [0.5, 0.6) is 5.75 Å². The van der Waals surface area contributed by atoms with Crippen molar-refractivity contribution < 1.29 is 23.4 Å². The predicted octanol–water partition coefficient (Wildman–Crippen LogP) is 3.56. The molecule has 0 radical (unpaired) electrons. The van der Waals surface area contributed by atoms with E-state index in [1.54, 1.807) is 4.90 Å². The lowest BCUT2D eigenvalue weighted by Gasteiger charge is -2.33. The smallest absolute Gasteiger partial charge is 0.410 e. The van der Waals surface area contributed by atoms with Gasteiger partial charge >= 0.3 is 6.09 Å². The maximum absolute atomic E-state index is 12.6. The number of likely N-dealkylation sites (tertiary alicyclic amines) is 1. The molecule has 0 atom stereocenters. The molecule has 4 heterocycles. The summed E-state index contributed by atoms with van der Waals surface area (Å²) in [5, 5.41) is 0. The number of benzene rings is 1. The molecule has 0 spiro atoms. The Morgan fingerprint density at radius 2 is 1.74 bits per heavy atom. The van der Waals surface area contributed by atoms with Crippen molar-refractivity contribution in [2.45, 2.75) is 51.4 Å². The molecule has 1 aromatic carbocycles. The monoisotopic (exact) mass is 468 g/mol. The van der Waals surface area contributed by atoms with Gasteiger partial charge in [-0.05, 0) is 29.9 Å². The van der Waals surface area contributed by atoms with E-state index in [0.29, 0.717) is 45.2 Å². The molecule has 182 valence electrons. The number of hydrogen-bond acceptors (Lipinski definition) is 7. The third-order valence-corrected chi connectivity index (χ3v) is 6.92. The van der Waals surface area contributed by atoms with Gasteiger partial charge in [-0.1, -0.05) is 24.3 Å². The third kappa shape index (κ3) is 5.62.